The summed E-state index contributed by atoms with van der Waals surface area (Å²) in [5.74, 6) is 0.607. The maximum Gasteiger partial charge on any atom is 0.254 e. The normalized spacial score (nSPS) is 21.7. The molecule has 1 unspecified atom stereocenters. The predicted octanol–water partition coefficient (Wildman–Crippen LogP) is 2.82. The molecular formula is C15H23N3O. The minimum absolute atomic E-state index is 0.0920. The van der Waals surface area contributed by atoms with Crippen LogP contribution in [0.5, 0.6) is 0 Å². The Morgan fingerprint density at radius 2 is 2.26 bits per heavy atom. The molecule has 1 atom stereocenters. The van der Waals surface area contributed by atoms with Gasteiger partial charge >= 0.3 is 0 Å². The number of aromatic nitrogens is 1. The summed E-state index contributed by atoms with van der Waals surface area (Å²) in [5.41, 5.74) is 0.992. The van der Waals surface area contributed by atoms with E-state index in [1.165, 1.54) is 12.8 Å². The van der Waals surface area contributed by atoms with Gasteiger partial charge < -0.3 is 10.6 Å². The van der Waals surface area contributed by atoms with E-state index in [1.807, 2.05) is 6.07 Å². The van der Waals surface area contributed by atoms with Crippen LogP contribution in [0.3, 0.4) is 0 Å². The molecule has 1 saturated carbocycles. The van der Waals surface area contributed by atoms with E-state index in [1.54, 1.807) is 19.3 Å². The molecule has 1 aromatic heterocycles. The summed E-state index contributed by atoms with van der Waals surface area (Å²) in [6.45, 7) is 4.61. The van der Waals surface area contributed by atoms with Crippen molar-refractivity contribution in [3.8, 4) is 0 Å². The SMILES string of the molecule is CNC(=O)c1cccnc1NC1CCCC(C)(C)C1. The lowest BCUT2D eigenvalue weighted by Gasteiger charge is -2.36. The average Bonchev–Trinajstić information content (AvgIpc) is 2.37. The molecule has 104 valence electrons. The van der Waals surface area contributed by atoms with Gasteiger partial charge in [-0.15, -0.1) is 0 Å². The number of carbonyl (C=O) groups is 1. The number of anilines is 1. The summed E-state index contributed by atoms with van der Waals surface area (Å²) in [6, 6.07) is 4.00. The summed E-state index contributed by atoms with van der Waals surface area (Å²) in [5, 5.41) is 6.10. The van der Waals surface area contributed by atoms with Crippen LogP contribution in [0.25, 0.3) is 0 Å². The van der Waals surface area contributed by atoms with E-state index >= 15 is 0 Å². The van der Waals surface area contributed by atoms with Gasteiger partial charge in [0.15, 0.2) is 0 Å². The maximum absolute atomic E-state index is 11.8. The van der Waals surface area contributed by atoms with Gasteiger partial charge in [0, 0.05) is 19.3 Å². The zero-order valence-electron chi connectivity index (χ0n) is 12.0. The number of nitrogens with one attached hydrogen (secondary N) is 2. The standard InChI is InChI=1S/C15H23N3O/c1-15(2)8-4-6-11(10-15)18-13-12(14(19)16-3)7-5-9-17-13/h5,7,9,11H,4,6,8,10H2,1-3H3,(H,16,19)(H,17,18). The second kappa shape index (κ2) is 5.59. The van der Waals surface area contributed by atoms with E-state index < -0.39 is 0 Å². The molecule has 2 rings (SSSR count). The molecule has 4 nitrogen and oxygen atoms in total. The molecule has 0 spiro atoms. The van der Waals surface area contributed by atoms with Gasteiger partial charge in [-0.05, 0) is 36.8 Å². The fourth-order valence-corrected chi connectivity index (χ4v) is 2.85. The lowest BCUT2D eigenvalue weighted by molar-refractivity contribution is 0.0963. The summed E-state index contributed by atoms with van der Waals surface area (Å²) in [4.78, 5) is 16.1. The van der Waals surface area contributed by atoms with Gasteiger partial charge in [0.1, 0.15) is 5.82 Å². The largest absolute Gasteiger partial charge is 0.367 e. The number of amides is 1. The third-order valence-corrected chi connectivity index (χ3v) is 3.83. The number of hydrogen-bond acceptors (Lipinski definition) is 3. The van der Waals surface area contributed by atoms with Crippen LogP contribution in [0, 0.1) is 5.41 Å². The molecule has 0 bridgehead atoms. The van der Waals surface area contributed by atoms with Crippen LogP contribution in [0.2, 0.25) is 0 Å². The highest BCUT2D eigenvalue weighted by molar-refractivity contribution is 5.98. The predicted molar refractivity (Wildman–Crippen MR) is 77.3 cm³/mol. The minimum Gasteiger partial charge on any atom is -0.367 e. The summed E-state index contributed by atoms with van der Waals surface area (Å²) >= 11 is 0. The first-order valence-corrected chi connectivity index (χ1v) is 6.95. The molecule has 1 heterocycles. The molecule has 1 fully saturated rings. The van der Waals surface area contributed by atoms with Crippen LogP contribution < -0.4 is 10.6 Å². The molecular weight excluding hydrogens is 238 g/mol. The van der Waals surface area contributed by atoms with Crippen molar-refractivity contribution in [3.63, 3.8) is 0 Å². The monoisotopic (exact) mass is 261 g/mol. The molecule has 19 heavy (non-hydrogen) atoms. The molecule has 1 amide bonds. The maximum atomic E-state index is 11.8. The molecule has 0 aliphatic heterocycles. The van der Waals surface area contributed by atoms with Crippen LogP contribution >= 0.6 is 0 Å². The fraction of sp³-hybridized carbons (Fsp3) is 0.600. The summed E-state index contributed by atoms with van der Waals surface area (Å²) in [6.07, 6.45) is 6.50. The first kappa shape index (κ1) is 13.8. The van der Waals surface area contributed by atoms with Gasteiger partial charge in [0.25, 0.3) is 5.91 Å². The van der Waals surface area contributed by atoms with Crippen molar-refractivity contribution in [2.45, 2.75) is 45.6 Å². The molecule has 0 radical (unpaired) electrons. The average molecular weight is 261 g/mol. The van der Waals surface area contributed by atoms with Crippen molar-refractivity contribution in [2.24, 2.45) is 5.41 Å². The Bertz CT molecular complexity index is 456. The lowest BCUT2D eigenvalue weighted by atomic mass is 9.75. The zero-order chi connectivity index (χ0) is 13.9. The van der Waals surface area contributed by atoms with E-state index in [4.69, 9.17) is 0 Å². The Kier molecular flexibility index (Phi) is 4.08. The summed E-state index contributed by atoms with van der Waals surface area (Å²) in [7, 11) is 1.64. The van der Waals surface area contributed by atoms with Gasteiger partial charge in [-0.3, -0.25) is 4.79 Å². The third kappa shape index (κ3) is 3.46. The Balaban J connectivity index is 2.13. The van der Waals surface area contributed by atoms with Crippen molar-refractivity contribution in [2.75, 3.05) is 12.4 Å². The van der Waals surface area contributed by atoms with Gasteiger partial charge in [-0.1, -0.05) is 20.3 Å². The second-order valence-corrected chi connectivity index (χ2v) is 6.08. The number of hydrogen-bond donors (Lipinski definition) is 2. The Hall–Kier alpha value is -1.58. The van der Waals surface area contributed by atoms with Gasteiger partial charge in [0.05, 0.1) is 5.56 Å². The van der Waals surface area contributed by atoms with Crippen LogP contribution in [0.15, 0.2) is 18.3 Å². The molecule has 1 aliphatic rings. The quantitative estimate of drug-likeness (QED) is 0.879. The van der Waals surface area contributed by atoms with E-state index in [0.717, 1.165) is 12.8 Å². The van der Waals surface area contributed by atoms with Gasteiger partial charge in [-0.25, -0.2) is 4.98 Å². The Morgan fingerprint density at radius 1 is 1.47 bits per heavy atom. The number of nitrogens with zero attached hydrogens (tertiary/aromatic N) is 1. The number of rotatable bonds is 3. The highest BCUT2D eigenvalue weighted by atomic mass is 16.1. The van der Waals surface area contributed by atoms with E-state index in [-0.39, 0.29) is 5.91 Å². The molecule has 1 aliphatic carbocycles. The number of pyridine rings is 1. The molecule has 2 N–H and O–H groups in total. The van der Waals surface area contributed by atoms with Crippen LogP contribution in [-0.4, -0.2) is 24.0 Å². The van der Waals surface area contributed by atoms with E-state index in [0.29, 0.717) is 22.8 Å². The molecule has 4 heteroatoms. The molecule has 0 saturated heterocycles. The second-order valence-electron chi connectivity index (χ2n) is 6.08. The van der Waals surface area contributed by atoms with Crippen molar-refractivity contribution >= 4 is 11.7 Å². The zero-order valence-corrected chi connectivity index (χ0v) is 12.0. The Labute approximate surface area is 115 Å². The minimum atomic E-state index is -0.0920. The van der Waals surface area contributed by atoms with E-state index in [9.17, 15) is 4.79 Å². The Morgan fingerprint density at radius 3 is 2.95 bits per heavy atom. The number of carbonyl (C=O) groups excluding carboxylic acids is 1. The van der Waals surface area contributed by atoms with Crippen molar-refractivity contribution in [1.82, 2.24) is 10.3 Å². The summed E-state index contributed by atoms with van der Waals surface area (Å²) < 4.78 is 0. The highest BCUT2D eigenvalue weighted by Crippen LogP contribution is 2.36. The lowest BCUT2D eigenvalue weighted by Crippen LogP contribution is -2.33. The van der Waals surface area contributed by atoms with E-state index in [2.05, 4.69) is 29.5 Å². The van der Waals surface area contributed by atoms with Crippen LogP contribution in [-0.2, 0) is 0 Å². The van der Waals surface area contributed by atoms with Crippen molar-refractivity contribution in [3.05, 3.63) is 23.9 Å². The topological polar surface area (TPSA) is 54.0 Å². The third-order valence-electron chi connectivity index (χ3n) is 3.83. The molecule has 0 aromatic carbocycles. The first-order valence-electron chi connectivity index (χ1n) is 6.95. The smallest absolute Gasteiger partial charge is 0.254 e. The highest BCUT2D eigenvalue weighted by Gasteiger charge is 2.28. The van der Waals surface area contributed by atoms with Gasteiger partial charge in [-0.2, -0.15) is 0 Å². The first-order chi connectivity index (χ1) is 9.02. The van der Waals surface area contributed by atoms with Crippen molar-refractivity contribution in [1.29, 1.82) is 0 Å². The van der Waals surface area contributed by atoms with Crippen LogP contribution in [0.1, 0.15) is 49.9 Å². The van der Waals surface area contributed by atoms with Gasteiger partial charge in [0.2, 0.25) is 0 Å². The molecule has 1 aromatic rings. The van der Waals surface area contributed by atoms with Crippen molar-refractivity contribution < 1.29 is 4.79 Å². The van der Waals surface area contributed by atoms with Crippen LogP contribution in [0.4, 0.5) is 5.82 Å². The fourth-order valence-electron chi connectivity index (χ4n) is 2.85.